The van der Waals surface area contributed by atoms with Crippen molar-refractivity contribution >= 4 is 19.2 Å². The van der Waals surface area contributed by atoms with Gasteiger partial charge in [0.05, 0.1) is 0 Å². The quantitative estimate of drug-likeness (QED) is 0.586. The van der Waals surface area contributed by atoms with Gasteiger partial charge in [-0.05, 0) is 37.9 Å². The molecule has 1 heteroatoms. The Kier molecular flexibility index (Phi) is 4.75. The molecule has 0 fully saturated rings. The zero-order valence-corrected chi connectivity index (χ0v) is 13.0. The van der Waals surface area contributed by atoms with Crippen LogP contribution in [-0.2, 0) is 0 Å². The molecule has 0 spiro atoms. The highest BCUT2D eigenvalue weighted by Crippen LogP contribution is 2.07. The van der Waals surface area contributed by atoms with Crippen LogP contribution in [0.5, 0.6) is 0 Å². The van der Waals surface area contributed by atoms with Gasteiger partial charge in [-0.3, -0.25) is 0 Å². The molecule has 2 rings (SSSR count). The lowest BCUT2D eigenvalue weighted by Crippen LogP contribution is -2.43. The summed E-state index contributed by atoms with van der Waals surface area (Å²) in [6.45, 7) is 6.57. The predicted octanol–water partition coefficient (Wildman–Crippen LogP) is 3.49. The second kappa shape index (κ2) is 6.53. The van der Waals surface area contributed by atoms with Crippen molar-refractivity contribution in [2.75, 3.05) is 0 Å². The number of allylic oxidation sites excluding steroid dienone is 2. The molecule has 0 heterocycles. The lowest BCUT2D eigenvalue weighted by molar-refractivity contribution is 1.36. The zero-order valence-electron chi connectivity index (χ0n) is 12.0. The average molecular weight is 265 g/mol. The highest BCUT2D eigenvalue weighted by Gasteiger charge is 2.17. The fourth-order valence-electron chi connectivity index (χ4n) is 2.34. The monoisotopic (exact) mass is 265 g/mol. The van der Waals surface area contributed by atoms with Crippen molar-refractivity contribution in [3.63, 3.8) is 0 Å². The van der Waals surface area contributed by atoms with Gasteiger partial charge in [-0.15, -0.1) is 0 Å². The molecule has 0 aliphatic carbocycles. The molecule has 19 heavy (non-hydrogen) atoms. The normalized spacial score (nSPS) is 11.4. The summed E-state index contributed by atoms with van der Waals surface area (Å²) in [4.78, 5) is 0. The maximum absolute atomic E-state index is 2.31. The van der Waals surface area contributed by atoms with E-state index in [9.17, 15) is 0 Å². The number of hydrogen-bond acceptors (Lipinski definition) is 0. The number of aryl methyl sites for hydroxylation is 1. The van der Waals surface area contributed by atoms with Crippen LogP contribution < -0.4 is 10.4 Å². The number of benzene rings is 2. The molecule has 0 nitrogen and oxygen atoms in total. The minimum Gasteiger partial charge on any atom is -0.0919 e. The van der Waals surface area contributed by atoms with Crippen molar-refractivity contribution in [3.8, 4) is 0 Å². The molecule has 0 atom stereocenters. The fourth-order valence-corrected chi connectivity index (χ4v) is 5.12. The molecule has 0 saturated heterocycles. The van der Waals surface area contributed by atoms with Gasteiger partial charge in [0, 0.05) is 0 Å². The van der Waals surface area contributed by atoms with Crippen molar-refractivity contribution in [1.29, 1.82) is 0 Å². The molecule has 0 aromatic heterocycles. The van der Waals surface area contributed by atoms with Crippen LogP contribution in [0.25, 0.3) is 0 Å². The Morgan fingerprint density at radius 1 is 0.947 bits per heavy atom. The van der Waals surface area contributed by atoms with Crippen molar-refractivity contribution in [2.24, 2.45) is 0 Å². The summed E-state index contributed by atoms with van der Waals surface area (Å²) < 4.78 is 0. The summed E-state index contributed by atoms with van der Waals surface area (Å²) >= 11 is 0. The van der Waals surface area contributed by atoms with E-state index in [1.165, 1.54) is 16.3 Å². The minimum absolute atomic E-state index is 0.701. The Morgan fingerprint density at radius 3 is 2.37 bits per heavy atom. The molecule has 0 aliphatic rings. The number of rotatable bonds is 4. The summed E-state index contributed by atoms with van der Waals surface area (Å²) in [5.74, 6) is 0. The van der Waals surface area contributed by atoms with Gasteiger partial charge in [-0.2, -0.15) is 0 Å². The number of hydrogen-bond donors (Lipinski definition) is 0. The van der Waals surface area contributed by atoms with Gasteiger partial charge in [0.2, 0.25) is 0 Å². The van der Waals surface area contributed by atoms with Crippen LogP contribution in [-0.4, -0.2) is 8.80 Å². The van der Waals surface area contributed by atoms with E-state index in [0.29, 0.717) is 0 Å². The van der Waals surface area contributed by atoms with Gasteiger partial charge in [0.15, 0.2) is 0 Å². The summed E-state index contributed by atoms with van der Waals surface area (Å²) in [6, 6.07) is 18.8. The molecule has 0 aliphatic heterocycles. The standard InChI is InChI=1S/C18H21Si/c1-4-5-14-19(17-11-7-6-8-12-17)18-13-9-10-15(2)16(18)3/h4-13H,14H2,1-3H3. The van der Waals surface area contributed by atoms with Crippen molar-refractivity contribution in [1.82, 2.24) is 0 Å². The first kappa shape index (κ1) is 13.8. The molecular weight excluding hydrogens is 244 g/mol. The first-order chi connectivity index (χ1) is 9.24. The topological polar surface area (TPSA) is 0 Å². The maximum Gasteiger partial charge on any atom is 0.125 e. The van der Waals surface area contributed by atoms with E-state index in [1.807, 2.05) is 0 Å². The summed E-state index contributed by atoms with van der Waals surface area (Å²) in [7, 11) is -0.701. The Bertz CT molecular complexity index is 555. The molecule has 2 aromatic rings. The molecule has 0 bridgehead atoms. The SMILES string of the molecule is CC=CC[Si](c1ccccc1)c1cccc(C)c1C. The van der Waals surface area contributed by atoms with E-state index in [4.69, 9.17) is 0 Å². The van der Waals surface area contributed by atoms with E-state index >= 15 is 0 Å². The van der Waals surface area contributed by atoms with Crippen LogP contribution in [0.3, 0.4) is 0 Å². The first-order valence-electron chi connectivity index (χ1n) is 6.83. The largest absolute Gasteiger partial charge is 0.125 e. The molecular formula is C18H21Si. The Morgan fingerprint density at radius 2 is 1.68 bits per heavy atom. The first-order valence-corrected chi connectivity index (χ1v) is 8.53. The van der Waals surface area contributed by atoms with Gasteiger partial charge >= 0.3 is 0 Å². The lowest BCUT2D eigenvalue weighted by atomic mass is 10.1. The predicted molar refractivity (Wildman–Crippen MR) is 87.0 cm³/mol. The van der Waals surface area contributed by atoms with Gasteiger partial charge in [0.1, 0.15) is 8.80 Å². The van der Waals surface area contributed by atoms with Crippen LogP contribution in [0.1, 0.15) is 18.1 Å². The minimum atomic E-state index is -0.701. The summed E-state index contributed by atoms with van der Waals surface area (Å²) in [5.41, 5.74) is 2.86. The Hall–Kier alpha value is -1.60. The van der Waals surface area contributed by atoms with Gasteiger partial charge in [0.25, 0.3) is 0 Å². The highest BCUT2D eigenvalue weighted by atomic mass is 28.3. The molecule has 0 saturated carbocycles. The van der Waals surface area contributed by atoms with E-state index in [0.717, 1.165) is 6.04 Å². The third-order valence-electron chi connectivity index (χ3n) is 3.61. The van der Waals surface area contributed by atoms with Crippen LogP contribution in [0.2, 0.25) is 6.04 Å². The highest BCUT2D eigenvalue weighted by molar-refractivity contribution is 6.85. The van der Waals surface area contributed by atoms with Crippen LogP contribution >= 0.6 is 0 Å². The molecule has 0 amide bonds. The lowest BCUT2D eigenvalue weighted by Gasteiger charge is -2.18. The van der Waals surface area contributed by atoms with Crippen molar-refractivity contribution in [2.45, 2.75) is 26.8 Å². The smallest absolute Gasteiger partial charge is 0.0919 e. The summed E-state index contributed by atoms with van der Waals surface area (Å²) in [5, 5.41) is 3.05. The van der Waals surface area contributed by atoms with E-state index in [2.05, 4.69) is 81.5 Å². The molecule has 97 valence electrons. The van der Waals surface area contributed by atoms with Gasteiger partial charge in [-0.25, -0.2) is 0 Å². The van der Waals surface area contributed by atoms with Gasteiger partial charge < -0.3 is 0 Å². The average Bonchev–Trinajstić information content (AvgIpc) is 2.45. The second-order valence-electron chi connectivity index (χ2n) is 4.87. The molecule has 0 unspecified atom stereocenters. The molecule has 2 aromatic carbocycles. The van der Waals surface area contributed by atoms with Crippen molar-refractivity contribution < 1.29 is 0 Å². The Balaban J connectivity index is 2.46. The van der Waals surface area contributed by atoms with Crippen LogP contribution in [0, 0.1) is 13.8 Å². The van der Waals surface area contributed by atoms with Crippen molar-refractivity contribution in [3.05, 3.63) is 71.8 Å². The van der Waals surface area contributed by atoms with Gasteiger partial charge in [-0.1, -0.05) is 71.1 Å². The van der Waals surface area contributed by atoms with Crippen LogP contribution in [0.4, 0.5) is 0 Å². The maximum atomic E-state index is 2.31. The Labute approximate surface area is 118 Å². The second-order valence-corrected chi connectivity index (χ2v) is 7.35. The summed E-state index contributed by atoms with van der Waals surface area (Å²) in [6.07, 6.45) is 4.47. The molecule has 1 radical (unpaired) electrons. The van der Waals surface area contributed by atoms with Crippen LogP contribution in [0.15, 0.2) is 60.7 Å². The third-order valence-corrected chi connectivity index (χ3v) is 6.48. The van der Waals surface area contributed by atoms with E-state index in [1.54, 1.807) is 5.19 Å². The molecule has 0 N–H and O–H groups in total. The fraction of sp³-hybridized carbons (Fsp3) is 0.222. The van der Waals surface area contributed by atoms with E-state index in [-0.39, 0.29) is 0 Å². The third kappa shape index (κ3) is 3.24. The van der Waals surface area contributed by atoms with E-state index < -0.39 is 8.80 Å². The zero-order chi connectivity index (χ0) is 13.7.